The smallest absolute Gasteiger partial charge is 0.376 e. The van der Waals surface area contributed by atoms with Crippen molar-refractivity contribution in [3.8, 4) is 0 Å². The molecule has 2 heterocycles. The SMILES string of the molecule is Cc1nc(S[C@H](C)C(F)(F)F)n(C[C@@H]2CCCO2)c1C. The fourth-order valence-corrected chi connectivity index (χ4v) is 3.12. The third kappa shape index (κ3) is 3.49. The maximum absolute atomic E-state index is 12.7. The van der Waals surface area contributed by atoms with E-state index in [9.17, 15) is 13.2 Å². The first-order valence-corrected chi connectivity index (χ1v) is 7.55. The number of rotatable bonds is 4. The molecule has 1 aliphatic rings. The van der Waals surface area contributed by atoms with Crippen LogP contribution in [0.2, 0.25) is 0 Å². The lowest BCUT2D eigenvalue weighted by molar-refractivity contribution is -0.125. The van der Waals surface area contributed by atoms with Gasteiger partial charge in [0.2, 0.25) is 0 Å². The highest BCUT2D eigenvalue weighted by molar-refractivity contribution is 7.99. The Kier molecular flexibility index (Phi) is 4.69. The molecule has 0 amide bonds. The van der Waals surface area contributed by atoms with Gasteiger partial charge in [0.05, 0.1) is 18.3 Å². The van der Waals surface area contributed by atoms with Crippen molar-refractivity contribution < 1.29 is 17.9 Å². The molecule has 2 rings (SSSR count). The zero-order valence-corrected chi connectivity index (χ0v) is 12.6. The van der Waals surface area contributed by atoms with Gasteiger partial charge in [-0.3, -0.25) is 0 Å². The van der Waals surface area contributed by atoms with E-state index in [1.807, 2.05) is 18.4 Å². The summed E-state index contributed by atoms with van der Waals surface area (Å²) in [4.78, 5) is 4.28. The van der Waals surface area contributed by atoms with Gasteiger partial charge in [-0.2, -0.15) is 13.2 Å². The van der Waals surface area contributed by atoms with Crippen LogP contribution in [-0.4, -0.2) is 33.7 Å². The molecular weight excluding hydrogens is 289 g/mol. The van der Waals surface area contributed by atoms with Crippen LogP contribution in [0.15, 0.2) is 5.16 Å². The molecule has 7 heteroatoms. The van der Waals surface area contributed by atoms with E-state index in [1.165, 1.54) is 6.92 Å². The summed E-state index contributed by atoms with van der Waals surface area (Å²) in [6.07, 6.45) is -2.16. The Bertz CT molecular complexity index is 467. The second kappa shape index (κ2) is 5.97. The van der Waals surface area contributed by atoms with Gasteiger partial charge in [-0.15, -0.1) is 0 Å². The minimum atomic E-state index is -4.22. The lowest BCUT2D eigenvalue weighted by Gasteiger charge is -2.18. The fraction of sp³-hybridized carbons (Fsp3) is 0.769. The molecule has 2 atom stereocenters. The molecule has 3 nitrogen and oxygen atoms in total. The van der Waals surface area contributed by atoms with Gasteiger partial charge in [0, 0.05) is 12.3 Å². The largest absolute Gasteiger partial charge is 0.400 e. The highest BCUT2D eigenvalue weighted by Crippen LogP contribution is 2.35. The van der Waals surface area contributed by atoms with E-state index in [0.717, 1.165) is 42.6 Å². The topological polar surface area (TPSA) is 27.1 Å². The van der Waals surface area contributed by atoms with Crippen LogP contribution in [0.3, 0.4) is 0 Å². The van der Waals surface area contributed by atoms with Crippen molar-refractivity contribution in [1.82, 2.24) is 9.55 Å². The van der Waals surface area contributed by atoms with Crippen molar-refractivity contribution in [1.29, 1.82) is 0 Å². The monoisotopic (exact) mass is 308 g/mol. The predicted octanol–water partition coefficient (Wildman–Crippen LogP) is 3.72. The van der Waals surface area contributed by atoms with Crippen LogP contribution in [-0.2, 0) is 11.3 Å². The van der Waals surface area contributed by atoms with Crippen LogP contribution in [0, 0.1) is 13.8 Å². The van der Waals surface area contributed by atoms with Crippen molar-refractivity contribution in [3.05, 3.63) is 11.4 Å². The van der Waals surface area contributed by atoms with E-state index in [0.29, 0.717) is 11.7 Å². The summed E-state index contributed by atoms with van der Waals surface area (Å²) < 4.78 is 45.5. The quantitative estimate of drug-likeness (QED) is 0.793. The van der Waals surface area contributed by atoms with E-state index >= 15 is 0 Å². The molecule has 0 N–H and O–H groups in total. The summed E-state index contributed by atoms with van der Waals surface area (Å²) in [5.41, 5.74) is 1.69. The first-order chi connectivity index (χ1) is 9.29. The molecule has 1 aliphatic heterocycles. The first-order valence-electron chi connectivity index (χ1n) is 6.67. The number of aromatic nitrogens is 2. The molecule has 1 aromatic heterocycles. The molecule has 20 heavy (non-hydrogen) atoms. The average Bonchev–Trinajstić information content (AvgIpc) is 2.93. The second-order valence-electron chi connectivity index (χ2n) is 5.11. The van der Waals surface area contributed by atoms with Crippen LogP contribution >= 0.6 is 11.8 Å². The van der Waals surface area contributed by atoms with E-state index in [1.54, 1.807) is 0 Å². The molecule has 0 aliphatic carbocycles. The van der Waals surface area contributed by atoms with Gasteiger partial charge in [-0.25, -0.2) is 4.98 Å². The zero-order chi connectivity index (χ0) is 14.9. The summed E-state index contributed by atoms with van der Waals surface area (Å²) in [5, 5.41) is -1.03. The molecule has 1 aromatic rings. The van der Waals surface area contributed by atoms with Crippen molar-refractivity contribution in [2.45, 2.75) is 62.8 Å². The van der Waals surface area contributed by atoms with Crippen LogP contribution in [0.4, 0.5) is 13.2 Å². The van der Waals surface area contributed by atoms with Crippen LogP contribution in [0.25, 0.3) is 0 Å². The Morgan fingerprint density at radius 3 is 2.70 bits per heavy atom. The number of nitrogens with zero attached hydrogens (tertiary/aromatic N) is 2. The minimum Gasteiger partial charge on any atom is -0.376 e. The summed E-state index contributed by atoms with van der Waals surface area (Å²) in [6.45, 7) is 6.20. The maximum Gasteiger partial charge on any atom is 0.400 e. The number of hydrogen-bond donors (Lipinski definition) is 0. The Balaban J connectivity index is 2.17. The summed E-state index contributed by atoms with van der Waals surface area (Å²) >= 11 is 0.767. The lowest BCUT2D eigenvalue weighted by Crippen LogP contribution is -2.23. The normalized spacial score (nSPS) is 21.4. The molecule has 1 saturated heterocycles. The Morgan fingerprint density at radius 1 is 1.45 bits per heavy atom. The Hall–Kier alpha value is -0.690. The van der Waals surface area contributed by atoms with Gasteiger partial charge >= 0.3 is 6.18 Å². The summed E-state index contributed by atoms with van der Waals surface area (Å²) in [7, 11) is 0. The number of aryl methyl sites for hydroxylation is 1. The van der Waals surface area contributed by atoms with Crippen LogP contribution in [0.5, 0.6) is 0 Å². The zero-order valence-electron chi connectivity index (χ0n) is 11.8. The fourth-order valence-electron chi connectivity index (χ4n) is 2.15. The number of ether oxygens (including phenoxy) is 1. The number of imidazole rings is 1. The van der Waals surface area contributed by atoms with Gasteiger partial charge in [0.25, 0.3) is 0 Å². The van der Waals surface area contributed by atoms with Crippen molar-refractivity contribution in [2.75, 3.05) is 6.61 Å². The molecular formula is C13H19F3N2OS. The minimum absolute atomic E-state index is 0.0860. The summed E-state index contributed by atoms with van der Waals surface area (Å²) in [5.74, 6) is 0. The van der Waals surface area contributed by atoms with E-state index in [2.05, 4.69) is 4.98 Å². The predicted molar refractivity (Wildman–Crippen MR) is 72.0 cm³/mol. The van der Waals surface area contributed by atoms with E-state index < -0.39 is 11.4 Å². The number of hydrogen-bond acceptors (Lipinski definition) is 3. The van der Waals surface area contributed by atoms with Crippen LogP contribution < -0.4 is 0 Å². The van der Waals surface area contributed by atoms with Crippen molar-refractivity contribution in [2.24, 2.45) is 0 Å². The Labute approximate surface area is 120 Å². The molecule has 0 aromatic carbocycles. The third-order valence-corrected chi connectivity index (χ3v) is 4.72. The number of halogens is 3. The third-order valence-electron chi connectivity index (χ3n) is 3.58. The van der Waals surface area contributed by atoms with Crippen molar-refractivity contribution in [3.63, 3.8) is 0 Å². The molecule has 0 bridgehead atoms. The molecule has 0 spiro atoms. The van der Waals surface area contributed by atoms with Gasteiger partial charge in [0.1, 0.15) is 5.25 Å². The highest BCUT2D eigenvalue weighted by atomic mass is 32.2. The van der Waals surface area contributed by atoms with Gasteiger partial charge in [-0.1, -0.05) is 11.8 Å². The molecule has 0 saturated carbocycles. The Morgan fingerprint density at radius 2 is 2.15 bits per heavy atom. The highest BCUT2D eigenvalue weighted by Gasteiger charge is 2.38. The van der Waals surface area contributed by atoms with Gasteiger partial charge in [0.15, 0.2) is 5.16 Å². The molecule has 0 unspecified atom stereocenters. The second-order valence-corrected chi connectivity index (χ2v) is 6.42. The van der Waals surface area contributed by atoms with Crippen LogP contribution in [0.1, 0.15) is 31.2 Å². The maximum atomic E-state index is 12.7. The number of thioether (sulfide) groups is 1. The van der Waals surface area contributed by atoms with Crippen molar-refractivity contribution >= 4 is 11.8 Å². The lowest BCUT2D eigenvalue weighted by atomic mass is 10.2. The first kappa shape index (κ1) is 15.7. The van der Waals surface area contributed by atoms with E-state index in [-0.39, 0.29) is 6.10 Å². The van der Waals surface area contributed by atoms with Gasteiger partial charge in [-0.05, 0) is 33.6 Å². The average molecular weight is 308 g/mol. The van der Waals surface area contributed by atoms with Gasteiger partial charge < -0.3 is 9.30 Å². The molecule has 1 fully saturated rings. The number of alkyl halides is 3. The standard InChI is InChI=1S/C13H19F3N2OS/c1-8-9(2)18(7-11-5-4-6-19-11)12(17-8)20-10(3)13(14,15)16/h10-11H,4-7H2,1-3H3/t10-,11+/m1/s1. The molecule has 0 radical (unpaired) electrons. The van der Waals surface area contributed by atoms with E-state index in [4.69, 9.17) is 4.74 Å². The molecule has 114 valence electrons. The summed E-state index contributed by atoms with van der Waals surface area (Å²) in [6, 6.07) is 0.